The van der Waals surface area contributed by atoms with E-state index >= 15 is 0 Å². The van der Waals surface area contributed by atoms with Gasteiger partial charge >= 0.3 is 5.97 Å². The zero-order valence-corrected chi connectivity index (χ0v) is 17.5. The number of hydrogen-bond acceptors (Lipinski definition) is 7. The number of carbonyl (C=O) groups excluding carboxylic acids is 1. The van der Waals surface area contributed by atoms with Crippen LogP contribution < -0.4 is 10.6 Å². The Morgan fingerprint density at radius 1 is 1.13 bits per heavy atom. The van der Waals surface area contributed by atoms with Crippen molar-refractivity contribution in [1.29, 1.82) is 0 Å². The molecule has 2 aliphatic heterocycles. The quantitative estimate of drug-likeness (QED) is 0.408. The molecular formula is C24H28N4O3. The van der Waals surface area contributed by atoms with E-state index in [1.807, 2.05) is 54.6 Å². The molecule has 2 aromatic carbocycles. The van der Waals surface area contributed by atoms with Crippen molar-refractivity contribution >= 4 is 17.6 Å². The maximum absolute atomic E-state index is 13.5. The first-order valence-electron chi connectivity index (χ1n) is 10.6. The molecule has 4 rings (SSSR count). The van der Waals surface area contributed by atoms with Crippen LogP contribution in [0.2, 0.25) is 0 Å². The Morgan fingerprint density at radius 3 is 2.65 bits per heavy atom. The molecule has 0 amide bonds. The van der Waals surface area contributed by atoms with Crippen LogP contribution in [0.1, 0.15) is 17.5 Å². The molecule has 2 aliphatic rings. The van der Waals surface area contributed by atoms with E-state index in [0.29, 0.717) is 24.6 Å². The standard InChI is InChI=1S/C24H28N4O3/c1-2-3-17-31-24(22(29)30-18-19-9-5-4-6-10-19)20-11-7-8-12-21(20)26-23(27-24)28-15-13-25-14-16-28/h2,4-12,25H,1,3,13-18H2,(H,26,27). The van der Waals surface area contributed by atoms with Crippen LogP contribution in [0.5, 0.6) is 0 Å². The van der Waals surface area contributed by atoms with Crippen LogP contribution in [0.3, 0.4) is 0 Å². The molecule has 1 saturated heterocycles. The van der Waals surface area contributed by atoms with Gasteiger partial charge in [0.15, 0.2) is 0 Å². The number of rotatable bonds is 7. The van der Waals surface area contributed by atoms with Gasteiger partial charge in [-0.3, -0.25) is 0 Å². The number of carbonyl (C=O) groups is 1. The van der Waals surface area contributed by atoms with Crippen molar-refractivity contribution in [3.63, 3.8) is 0 Å². The molecular weight excluding hydrogens is 392 g/mol. The molecule has 2 aromatic rings. The summed E-state index contributed by atoms with van der Waals surface area (Å²) >= 11 is 0. The molecule has 0 radical (unpaired) electrons. The van der Waals surface area contributed by atoms with Gasteiger partial charge in [-0.1, -0.05) is 54.6 Å². The number of nitrogens with one attached hydrogen (secondary N) is 2. The normalized spacial score (nSPS) is 20.3. The Bertz CT molecular complexity index is 941. The summed E-state index contributed by atoms with van der Waals surface area (Å²) in [5.41, 5.74) is 0.780. The van der Waals surface area contributed by atoms with E-state index in [1.165, 1.54) is 0 Å². The number of guanidine groups is 1. The Kier molecular flexibility index (Phi) is 6.64. The fourth-order valence-electron chi connectivity index (χ4n) is 3.71. The van der Waals surface area contributed by atoms with Crippen LogP contribution in [0.4, 0.5) is 5.69 Å². The SMILES string of the molecule is C=CCCOC1(C(=O)OCc2ccccc2)N=C(N2CCNCC2)Nc2ccccc21. The van der Waals surface area contributed by atoms with E-state index in [9.17, 15) is 4.79 Å². The van der Waals surface area contributed by atoms with Crippen LogP contribution >= 0.6 is 0 Å². The summed E-state index contributed by atoms with van der Waals surface area (Å²) in [5.74, 6) is 0.0949. The third-order valence-corrected chi connectivity index (χ3v) is 5.34. The number of fused-ring (bicyclic) bond motifs is 1. The Morgan fingerprint density at radius 2 is 1.87 bits per heavy atom. The molecule has 0 aliphatic carbocycles. The van der Waals surface area contributed by atoms with Crippen molar-refractivity contribution in [2.75, 3.05) is 38.1 Å². The number of benzene rings is 2. The number of ether oxygens (including phenoxy) is 2. The van der Waals surface area contributed by atoms with Crippen LogP contribution in [0, 0.1) is 0 Å². The van der Waals surface area contributed by atoms with E-state index in [0.717, 1.165) is 37.4 Å². The average Bonchev–Trinajstić information content (AvgIpc) is 2.83. The average molecular weight is 421 g/mol. The fraction of sp³-hybridized carbons (Fsp3) is 0.333. The van der Waals surface area contributed by atoms with Gasteiger partial charge in [0.25, 0.3) is 5.72 Å². The zero-order chi connectivity index (χ0) is 21.5. The molecule has 0 bridgehead atoms. The van der Waals surface area contributed by atoms with Crippen molar-refractivity contribution < 1.29 is 14.3 Å². The molecule has 162 valence electrons. The van der Waals surface area contributed by atoms with Gasteiger partial charge in [-0.25, -0.2) is 9.79 Å². The summed E-state index contributed by atoms with van der Waals surface area (Å²) in [6.45, 7) is 7.49. The van der Waals surface area contributed by atoms with Crippen LogP contribution in [-0.2, 0) is 26.6 Å². The second-order valence-electron chi connectivity index (χ2n) is 7.47. The Labute approximate surface area is 182 Å². The largest absolute Gasteiger partial charge is 0.457 e. The summed E-state index contributed by atoms with van der Waals surface area (Å²) in [5, 5.41) is 6.72. The monoisotopic (exact) mass is 420 g/mol. The molecule has 2 heterocycles. The third-order valence-electron chi connectivity index (χ3n) is 5.34. The molecule has 7 heteroatoms. The predicted octanol–water partition coefficient (Wildman–Crippen LogP) is 2.86. The molecule has 1 atom stereocenters. The summed E-state index contributed by atoms with van der Waals surface area (Å²) in [4.78, 5) is 20.5. The summed E-state index contributed by atoms with van der Waals surface area (Å²) in [6.07, 6.45) is 2.36. The van der Waals surface area contributed by atoms with Gasteiger partial charge in [0.1, 0.15) is 6.61 Å². The summed E-state index contributed by atoms with van der Waals surface area (Å²) in [6, 6.07) is 17.2. The van der Waals surface area contributed by atoms with E-state index in [-0.39, 0.29) is 6.61 Å². The number of piperazine rings is 1. The van der Waals surface area contributed by atoms with Crippen molar-refractivity contribution in [3.8, 4) is 0 Å². The smallest absolute Gasteiger partial charge is 0.367 e. The third kappa shape index (κ3) is 4.62. The summed E-state index contributed by atoms with van der Waals surface area (Å²) < 4.78 is 11.9. The maximum atomic E-state index is 13.5. The second kappa shape index (κ2) is 9.76. The lowest BCUT2D eigenvalue weighted by molar-refractivity contribution is -0.175. The second-order valence-corrected chi connectivity index (χ2v) is 7.47. The summed E-state index contributed by atoms with van der Waals surface area (Å²) in [7, 11) is 0. The van der Waals surface area contributed by atoms with Crippen LogP contribution in [0.15, 0.2) is 72.2 Å². The molecule has 0 spiro atoms. The van der Waals surface area contributed by atoms with Gasteiger partial charge in [-0.05, 0) is 18.1 Å². The van der Waals surface area contributed by atoms with Crippen molar-refractivity contribution in [1.82, 2.24) is 10.2 Å². The van der Waals surface area contributed by atoms with Gasteiger partial charge < -0.3 is 25.0 Å². The lowest BCUT2D eigenvalue weighted by atomic mass is 9.99. The Hall–Kier alpha value is -3.16. The minimum atomic E-state index is -1.57. The molecule has 0 saturated carbocycles. The minimum Gasteiger partial charge on any atom is -0.457 e. The molecule has 7 nitrogen and oxygen atoms in total. The topological polar surface area (TPSA) is 75.2 Å². The molecule has 2 N–H and O–H groups in total. The zero-order valence-electron chi connectivity index (χ0n) is 17.5. The highest BCUT2D eigenvalue weighted by Crippen LogP contribution is 2.38. The highest BCUT2D eigenvalue weighted by atomic mass is 16.6. The number of hydrogen-bond donors (Lipinski definition) is 2. The predicted molar refractivity (Wildman–Crippen MR) is 121 cm³/mol. The molecule has 0 aromatic heterocycles. The van der Waals surface area contributed by atoms with E-state index < -0.39 is 11.7 Å². The van der Waals surface area contributed by atoms with Gasteiger partial charge in [-0.15, -0.1) is 6.58 Å². The lowest BCUT2D eigenvalue weighted by Crippen LogP contribution is -2.53. The van der Waals surface area contributed by atoms with E-state index in [2.05, 4.69) is 22.1 Å². The lowest BCUT2D eigenvalue weighted by Gasteiger charge is -2.38. The molecule has 1 fully saturated rings. The maximum Gasteiger partial charge on any atom is 0.367 e. The van der Waals surface area contributed by atoms with Crippen LogP contribution in [-0.4, -0.2) is 49.6 Å². The van der Waals surface area contributed by atoms with Crippen molar-refractivity contribution in [2.24, 2.45) is 4.99 Å². The number of nitrogens with zero attached hydrogens (tertiary/aromatic N) is 2. The van der Waals surface area contributed by atoms with Gasteiger partial charge in [0, 0.05) is 37.4 Å². The Balaban J connectivity index is 1.69. The number of aliphatic imine (C=N–C) groups is 1. The van der Waals surface area contributed by atoms with Gasteiger partial charge in [0.05, 0.1) is 6.61 Å². The van der Waals surface area contributed by atoms with E-state index in [4.69, 9.17) is 14.5 Å². The van der Waals surface area contributed by atoms with E-state index in [1.54, 1.807) is 6.08 Å². The minimum absolute atomic E-state index is 0.153. The van der Waals surface area contributed by atoms with Gasteiger partial charge in [-0.2, -0.15) is 0 Å². The fourth-order valence-corrected chi connectivity index (χ4v) is 3.71. The number of anilines is 1. The number of para-hydroxylation sites is 1. The van der Waals surface area contributed by atoms with Gasteiger partial charge in [0.2, 0.25) is 5.96 Å². The van der Waals surface area contributed by atoms with Crippen molar-refractivity contribution in [3.05, 3.63) is 78.4 Å². The van der Waals surface area contributed by atoms with Crippen LogP contribution in [0.25, 0.3) is 0 Å². The molecule has 1 unspecified atom stereocenters. The first-order valence-corrected chi connectivity index (χ1v) is 10.6. The highest BCUT2D eigenvalue weighted by molar-refractivity contribution is 6.01. The highest BCUT2D eigenvalue weighted by Gasteiger charge is 2.48. The first kappa shape index (κ1) is 21.1. The molecule has 31 heavy (non-hydrogen) atoms. The van der Waals surface area contributed by atoms with Crippen molar-refractivity contribution in [2.45, 2.75) is 18.8 Å². The number of esters is 1. The first-order chi connectivity index (χ1) is 15.2.